The van der Waals surface area contributed by atoms with E-state index < -0.39 is 11.9 Å². The molecule has 4 heteroatoms. The molecule has 2 aromatic carbocycles. The Morgan fingerprint density at radius 1 is 1.00 bits per heavy atom. The molecule has 0 unspecified atom stereocenters. The summed E-state index contributed by atoms with van der Waals surface area (Å²) in [7, 11) is 1.34. The van der Waals surface area contributed by atoms with Crippen LogP contribution in [0.5, 0.6) is 0 Å². The average molecular weight is 296 g/mol. The van der Waals surface area contributed by atoms with Gasteiger partial charge >= 0.3 is 11.9 Å². The second-order valence-electron chi connectivity index (χ2n) is 4.81. The number of carbonyl (C=O) groups excluding carboxylic acids is 1. The van der Waals surface area contributed by atoms with Crippen molar-refractivity contribution in [3.8, 4) is 11.1 Å². The standard InChI is InChI=1S/C18H16O4/c1-12(10-17(19)22-2)15-4-3-5-16(11-15)13-6-8-14(9-7-13)18(20)21/h3-11H,1-2H3,(H,20,21)/b12-10+. The quantitative estimate of drug-likeness (QED) is 0.691. The first kappa shape index (κ1) is 15.5. The molecule has 0 saturated heterocycles. The number of carbonyl (C=O) groups is 2. The summed E-state index contributed by atoms with van der Waals surface area (Å²) >= 11 is 0. The first-order valence-corrected chi connectivity index (χ1v) is 6.71. The van der Waals surface area contributed by atoms with E-state index >= 15 is 0 Å². The summed E-state index contributed by atoms with van der Waals surface area (Å²) < 4.78 is 4.62. The van der Waals surface area contributed by atoms with Gasteiger partial charge in [-0.2, -0.15) is 0 Å². The van der Waals surface area contributed by atoms with Crippen LogP contribution in [-0.4, -0.2) is 24.2 Å². The minimum Gasteiger partial charge on any atom is -0.478 e. The molecule has 112 valence electrons. The molecule has 0 heterocycles. The molecule has 0 aliphatic carbocycles. The van der Waals surface area contributed by atoms with Crippen LogP contribution in [0.25, 0.3) is 16.7 Å². The third kappa shape index (κ3) is 3.61. The third-order valence-corrected chi connectivity index (χ3v) is 3.32. The van der Waals surface area contributed by atoms with Crippen LogP contribution >= 0.6 is 0 Å². The lowest BCUT2D eigenvalue weighted by atomic mass is 9.99. The zero-order valence-electron chi connectivity index (χ0n) is 12.4. The molecular formula is C18H16O4. The Kier molecular flexibility index (Phi) is 4.73. The molecule has 0 fully saturated rings. The molecule has 0 atom stereocenters. The van der Waals surface area contributed by atoms with E-state index in [1.165, 1.54) is 13.2 Å². The van der Waals surface area contributed by atoms with Crippen LogP contribution in [0.15, 0.2) is 54.6 Å². The molecule has 4 nitrogen and oxygen atoms in total. The summed E-state index contributed by atoms with van der Waals surface area (Å²) in [6.07, 6.45) is 1.44. The number of allylic oxidation sites excluding steroid dienone is 1. The number of carboxylic acid groups (broad SMARTS) is 1. The highest BCUT2D eigenvalue weighted by Crippen LogP contribution is 2.24. The maximum absolute atomic E-state index is 11.3. The molecule has 0 spiro atoms. The normalized spacial score (nSPS) is 11.1. The number of ether oxygens (including phenoxy) is 1. The van der Waals surface area contributed by atoms with Gasteiger partial charge in [0.25, 0.3) is 0 Å². The number of hydrogen-bond donors (Lipinski definition) is 1. The first-order chi connectivity index (χ1) is 10.5. The largest absolute Gasteiger partial charge is 0.478 e. The van der Waals surface area contributed by atoms with Crippen LogP contribution < -0.4 is 0 Å². The predicted octanol–water partition coefficient (Wildman–Crippen LogP) is 3.63. The van der Waals surface area contributed by atoms with Crippen molar-refractivity contribution in [2.24, 2.45) is 0 Å². The van der Waals surface area contributed by atoms with Gasteiger partial charge in [0.15, 0.2) is 0 Å². The molecule has 0 radical (unpaired) electrons. The summed E-state index contributed by atoms with van der Waals surface area (Å²) in [5, 5.41) is 8.92. The van der Waals surface area contributed by atoms with E-state index in [0.29, 0.717) is 0 Å². The van der Waals surface area contributed by atoms with Gasteiger partial charge in [-0.1, -0.05) is 30.3 Å². The topological polar surface area (TPSA) is 63.6 Å². The van der Waals surface area contributed by atoms with Crippen LogP contribution in [0.1, 0.15) is 22.8 Å². The van der Waals surface area contributed by atoms with E-state index in [-0.39, 0.29) is 5.56 Å². The summed E-state index contributed by atoms with van der Waals surface area (Å²) in [6.45, 7) is 1.84. The number of methoxy groups -OCH3 is 1. The van der Waals surface area contributed by atoms with Crippen LogP contribution in [-0.2, 0) is 9.53 Å². The summed E-state index contributed by atoms with van der Waals surface area (Å²) in [6, 6.07) is 14.4. The van der Waals surface area contributed by atoms with E-state index in [1.54, 1.807) is 24.3 Å². The van der Waals surface area contributed by atoms with Gasteiger partial charge in [-0.25, -0.2) is 9.59 Å². The fourth-order valence-electron chi connectivity index (χ4n) is 2.07. The van der Waals surface area contributed by atoms with E-state index in [9.17, 15) is 9.59 Å². The molecule has 0 saturated carbocycles. The Hall–Kier alpha value is -2.88. The van der Waals surface area contributed by atoms with Crippen molar-refractivity contribution < 1.29 is 19.4 Å². The van der Waals surface area contributed by atoms with E-state index in [2.05, 4.69) is 4.74 Å². The number of benzene rings is 2. The fourth-order valence-corrected chi connectivity index (χ4v) is 2.07. The molecule has 0 bridgehead atoms. The fraction of sp³-hybridized carbons (Fsp3) is 0.111. The Bertz CT molecular complexity index is 727. The lowest BCUT2D eigenvalue weighted by molar-refractivity contribution is -0.134. The van der Waals surface area contributed by atoms with Gasteiger partial charge in [0.1, 0.15) is 0 Å². The Morgan fingerprint density at radius 2 is 1.68 bits per heavy atom. The van der Waals surface area contributed by atoms with Crippen molar-refractivity contribution in [3.63, 3.8) is 0 Å². The maximum atomic E-state index is 11.3. The Balaban J connectivity index is 2.34. The average Bonchev–Trinajstić information content (AvgIpc) is 2.54. The van der Waals surface area contributed by atoms with E-state index in [0.717, 1.165) is 22.3 Å². The summed E-state index contributed by atoms with van der Waals surface area (Å²) in [4.78, 5) is 22.2. The van der Waals surface area contributed by atoms with Crippen LogP contribution in [0.4, 0.5) is 0 Å². The van der Waals surface area contributed by atoms with Crippen molar-refractivity contribution in [2.75, 3.05) is 7.11 Å². The molecule has 2 aromatic rings. The highest BCUT2D eigenvalue weighted by atomic mass is 16.5. The van der Waals surface area contributed by atoms with Crippen LogP contribution in [0, 0.1) is 0 Å². The van der Waals surface area contributed by atoms with Gasteiger partial charge in [-0.15, -0.1) is 0 Å². The second-order valence-corrected chi connectivity index (χ2v) is 4.81. The third-order valence-electron chi connectivity index (χ3n) is 3.32. The molecular weight excluding hydrogens is 280 g/mol. The minimum absolute atomic E-state index is 0.252. The minimum atomic E-state index is -0.947. The van der Waals surface area contributed by atoms with Crippen molar-refractivity contribution >= 4 is 17.5 Å². The van der Waals surface area contributed by atoms with Gasteiger partial charge in [-0.05, 0) is 47.4 Å². The van der Waals surface area contributed by atoms with E-state index in [1.807, 2.05) is 31.2 Å². The molecule has 0 aliphatic rings. The van der Waals surface area contributed by atoms with Crippen molar-refractivity contribution in [1.29, 1.82) is 0 Å². The number of carboxylic acids is 1. The van der Waals surface area contributed by atoms with E-state index in [4.69, 9.17) is 5.11 Å². The Morgan fingerprint density at radius 3 is 2.27 bits per heavy atom. The first-order valence-electron chi connectivity index (χ1n) is 6.71. The number of esters is 1. The zero-order valence-corrected chi connectivity index (χ0v) is 12.4. The van der Waals surface area contributed by atoms with Gasteiger partial charge in [0, 0.05) is 6.08 Å². The monoisotopic (exact) mass is 296 g/mol. The summed E-state index contributed by atoms with van der Waals surface area (Å²) in [5.74, 6) is -1.34. The van der Waals surface area contributed by atoms with Crippen molar-refractivity contribution in [2.45, 2.75) is 6.92 Å². The lowest BCUT2D eigenvalue weighted by Gasteiger charge is -2.06. The molecule has 0 aliphatic heterocycles. The van der Waals surface area contributed by atoms with Crippen LogP contribution in [0.2, 0.25) is 0 Å². The Labute approximate surface area is 128 Å². The number of rotatable bonds is 4. The second kappa shape index (κ2) is 6.72. The molecule has 1 N–H and O–H groups in total. The van der Waals surface area contributed by atoms with Crippen LogP contribution in [0.3, 0.4) is 0 Å². The number of aromatic carboxylic acids is 1. The summed E-state index contributed by atoms with van der Waals surface area (Å²) in [5.41, 5.74) is 3.83. The van der Waals surface area contributed by atoms with Crippen molar-refractivity contribution in [1.82, 2.24) is 0 Å². The van der Waals surface area contributed by atoms with Crippen molar-refractivity contribution in [3.05, 3.63) is 65.7 Å². The van der Waals surface area contributed by atoms with Gasteiger partial charge < -0.3 is 9.84 Å². The molecule has 0 amide bonds. The zero-order chi connectivity index (χ0) is 16.1. The highest BCUT2D eigenvalue weighted by Gasteiger charge is 2.05. The predicted molar refractivity (Wildman–Crippen MR) is 84.5 cm³/mol. The molecule has 2 rings (SSSR count). The highest BCUT2D eigenvalue weighted by molar-refractivity contribution is 5.91. The lowest BCUT2D eigenvalue weighted by Crippen LogP contribution is -1.96. The van der Waals surface area contributed by atoms with Gasteiger partial charge in [0.05, 0.1) is 12.7 Å². The van der Waals surface area contributed by atoms with Gasteiger partial charge in [0.2, 0.25) is 0 Å². The SMILES string of the molecule is COC(=O)/C=C(\C)c1cccc(-c2ccc(C(=O)O)cc2)c1. The van der Waals surface area contributed by atoms with Gasteiger partial charge in [-0.3, -0.25) is 0 Å². The molecule has 0 aromatic heterocycles. The molecule has 22 heavy (non-hydrogen) atoms. The smallest absolute Gasteiger partial charge is 0.335 e. The maximum Gasteiger partial charge on any atom is 0.335 e. The number of hydrogen-bond acceptors (Lipinski definition) is 3.